The van der Waals surface area contributed by atoms with E-state index in [4.69, 9.17) is 5.73 Å². The molecular formula is C23H32FN3. The molecule has 0 spiro atoms. The molecule has 3 nitrogen and oxygen atoms in total. The van der Waals surface area contributed by atoms with Crippen LogP contribution in [0.25, 0.3) is 0 Å². The molecule has 0 aliphatic carbocycles. The van der Waals surface area contributed by atoms with Crippen LogP contribution in [0.2, 0.25) is 0 Å². The highest BCUT2D eigenvalue weighted by Crippen LogP contribution is 2.17. The van der Waals surface area contributed by atoms with Crippen LogP contribution in [0.15, 0.2) is 84.0 Å². The second kappa shape index (κ2) is 16.6. The minimum absolute atomic E-state index is 0.504. The van der Waals surface area contributed by atoms with Gasteiger partial charge >= 0.3 is 0 Å². The fourth-order valence-electron chi connectivity index (χ4n) is 2.09. The molecule has 0 aromatic heterocycles. The predicted octanol–water partition coefficient (Wildman–Crippen LogP) is 5.69. The van der Waals surface area contributed by atoms with Gasteiger partial charge in [-0.15, -0.1) is 0 Å². The Balaban J connectivity index is 0.000000398. The van der Waals surface area contributed by atoms with E-state index in [1.54, 1.807) is 13.1 Å². The molecule has 4 heteroatoms. The van der Waals surface area contributed by atoms with Gasteiger partial charge in [0.2, 0.25) is 0 Å². The van der Waals surface area contributed by atoms with Crippen LogP contribution in [0.4, 0.5) is 10.1 Å². The van der Waals surface area contributed by atoms with Crippen molar-refractivity contribution in [1.29, 1.82) is 0 Å². The summed E-state index contributed by atoms with van der Waals surface area (Å²) in [7, 11) is 1.73. The molecule has 0 unspecified atom stereocenters. The standard InChI is InChI=1S/C10H14FN.C7H12N2.C6H6/c1-3-9-5-4-8(2)6-10(9)12-7-11;1-3-4-7(9-2)5-6-8;1-2-4-6-5-3-1/h4-6,12H,3,7H2,1-2H3;3-6H,8H2,1-2H3;1-6H/b;4-3-,6-5-,9-7?;. The van der Waals surface area contributed by atoms with Crippen molar-refractivity contribution >= 4 is 11.4 Å². The van der Waals surface area contributed by atoms with Crippen molar-refractivity contribution in [2.24, 2.45) is 10.7 Å². The first-order chi connectivity index (χ1) is 13.1. The first kappa shape index (κ1) is 24.1. The number of anilines is 1. The number of aryl methyl sites for hydroxylation is 2. The Morgan fingerprint density at radius 1 is 1.11 bits per heavy atom. The van der Waals surface area contributed by atoms with E-state index in [-0.39, 0.29) is 0 Å². The molecule has 0 fully saturated rings. The Morgan fingerprint density at radius 3 is 2.11 bits per heavy atom. The van der Waals surface area contributed by atoms with E-state index in [1.165, 1.54) is 11.8 Å². The quantitative estimate of drug-likeness (QED) is 0.525. The third kappa shape index (κ3) is 12.2. The number of halogens is 1. The van der Waals surface area contributed by atoms with Crippen molar-refractivity contribution in [3.63, 3.8) is 0 Å². The van der Waals surface area contributed by atoms with Gasteiger partial charge in [-0.2, -0.15) is 0 Å². The SMILES string of the molecule is C/C=C\C(/C=C\N)=NC.CCc1ccc(C)cc1NCF.c1ccccc1. The highest BCUT2D eigenvalue weighted by Gasteiger charge is 1.98. The second-order valence-corrected chi connectivity index (χ2v) is 5.49. The third-order valence-electron chi connectivity index (χ3n) is 3.43. The van der Waals surface area contributed by atoms with Gasteiger partial charge in [-0.3, -0.25) is 4.99 Å². The minimum atomic E-state index is -0.504. The van der Waals surface area contributed by atoms with E-state index >= 15 is 0 Å². The highest BCUT2D eigenvalue weighted by molar-refractivity contribution is 6.03. The van der Waals surface area contributed by atoms with Crippen molar-refractivity contribution in [2.75, 3.05) is 19.2 Å². The zero-order valence-corrected chi connectivity index (χ0v) is 16.8. The Hall–Kier alpha value is -2.88. The molecule has 0 saturated carbocycles. The van der Waals surface area contributed by atoms with Crippen molar-refractivity contribution in [2.45, 2.75) is 27.2 Å². The fraction of sp³-hybridized carbons (Fsp3) is 0.261. The largest absolute Gasteiger partial charge is 0.405 e. The summed E-state index contributed by atoms with van der Waals surface area (Å²) in [6, 6.07) is 18.0. The molecule has 2 aromatic rings. The van der Waals surface area contributed by atoms with E-state index in [0.717, 1.165) is 23.4 Å². The van der Waals surface area contributed by atoms with Crippen LogP contribution in [-0.2, 0) is 6.42 Å². The average molecular weight is 370 g/mol. The summed E-state index contributed by atoms with van der Waals surface area (Å²) in [6.45, 7) is 5.50. The van der Waals surface area contributed by atoms with Crippen molar-refractivity contribution in [1.82, 2.24) is 0 Å². The molecule has 0 saturated heterocycles. The van der Waals surface area contributed by atoms with E-state index in [9.17, 15) is 4.39 Å². The summed E-state index contributed by atoms with van der Waals surface area (Å²) in [5.74, 6) is 0. The van der Waals surface area contributed by atoms with Gasteiger partial charge in [0.05, 0.1) is 5.71 Å². The molecule has 146 valence electrons. The second-order valence-electron chi connectivity index (χ2n) is 5.49. The number of aliphatic imine (C=N–C) groups is 1. The average Bonchev–Trinajstić information content (AvgIpc) is 2.70. The number of allylic oxidation sites excluding steroid dienone is 3. The molecule has 3 N–H and O–H groups in total. The van der Waals surface area contributed by atoms with E-state index in [1.807, 2.05) is 80.6 Å². The van der Waals surface area contributed by atoms with Gasteiger partial charge in [0.15, 0.2) is 6.80 Å². The third-order valence-corrected chi connectivity index (χ3v) is 3.43. The molecular weight excluding hydrogens is 337 g/mol. The molecule has 0 aliphatic heterocycles. The van der Waals surface area contributed by atoms with Gasteiger partial charge in [-0.25, -0.2) is 4.39 Å². The summed E-state index contributed by atoms with van der Waals surface area (Å²) in [4.78, 5) is 3.93. The molecule has 2 aromatic carbocycles. The summed E-state index contributed by atoms with van der Waals surface area (Å²) in [6.07, 6.45) is 7.97. The lowest BCUT2D eigenvalue weighted by Gasteiger charge is -2.08. The van der Waals surface area contributed by atoms with Crippen LogP contribution in [0.5, 0.6) is 0 Å². The lowest BCUT2D eigenvalue weighted by molar-refractivity contribution is 0.536. The van der Waals surface area contributed by atoms with Gasteiger partial charge in [-0.1, -0.05) is 61.5 Å². The number of benzene rings is 2. The van der Waals surface area contributed by atoms with E-state index in [0.29, 0.717) is 0 Å². The number of nitrogens with two attached hydrogens (primary N) is 1. The number of alkyl halides is 1. The lowest BCUT2D eigenvalue weighted by atomic mass is 10.1. The summed E-state index contributed by atoms with van der Waals surface area (Å²) >= 11 is 0. The number of nitrogens with zero attached hydrogens (tertiary/aromatic N) is 1. The van der Waals surface area contributed by atoms with Crippen LogP contribution in [-0.4, -0.2) is 19.6 Å². The normalized spacial score (nSPS) is 10.8. The molecule has 2 rings (SSSR count). The first-order valence-corrected chi connectivity index (χ1v) is 9.00. The van der Waals surface area contributed by atoms with Crippen molar-refractivity contribution in [3.05, 3.63) is 90.2 Å². The number of nitrogens with one attached hydrogen (secondary N) is 1. The minimum Gasteiger partial charge on any atom is -0.405 e. The summed E-state index contributed by atoms with van der Waals surface area (Å²) in [5.41, 5.74) is 9.27. The topological polar surface area (TPSA) is 50.4 Å². The fourth-order valence-corrected chi connectivity index (χ4v) is 2.09. The summed E-state index contributed by atoms with van der Waals surface area (Å²) < 4.78 is 12.0. The maximum absolute atomic E-state index is 12.0. The molecule has 27 heavy (non-hydrogen) atoms. The first-order valence-electron chi connectivity index (χ1n) is 9.00. The van der Waals surface area contributed by atoms with Gasteiger partial charge in [-0.05, 0) is 55.8 Å². The Bertz CT molecular complexity index is 651. The predicted molar refractivity (Wildman–Crippen MR) is 118 cm³/mol. The summed E-state index contributed by atoms with van der Waals surface area (Å²) in [5, 5.41) is 2.70. The zero-order chi connectivity index (χ0) is 20.3. The van der Waals surface area contributed by atoms with Crippen LogP contribution in [0, 0.1) is 6.92 Å². The molecule has 0 amide bonds. The monoisotopic (exact) mass is 369 g/mol. The maximum Gasteiger partial charge on any atom is 0.159 e. The smallest absolute Gasteiger partial charge is 0.159 e. The van der Waals surface area contributed by atoms with Gasteiger partial charge in [0, 0.05) is 12.7 Å². The number of hydrogen-bond donors (Lipinski definition) is 2. The van der Waals surface area contributed by atoms with Crippen molar-refractivity contribution < 1.29 is 4.39 Å². The molecule has 0 aliphatic rings. The van der Waals surface area contributed by atoms with Crippen LogP contribution < -0.4 is 11.1 Å². The number of rotatable bonds is 5. The maximum atomic E-state index is 12.0. The van der Waals surface area contributed by atoms with Gasteiger partial charge in [0.1, 0.15) is 0 Å². The zero-order valence-electron chi connectivity index (χ0n) is 16.8. The Kier molecular flexibility index (Phi) is 14.8. The van der Waals surface area contributed by atoms with Gasteiger partial charge < -0.3 is 11.1 Å². The van der Waals surface area contributed by atoms with Crippen LogP contribution >= 0.6 is 0 Å². The van der Waals surface area contributed by atoms with E-state index in [2.05, 4.69) is 17.2 Å². The van der Waals surface area contributed by atoms with E-state index < -0.39 is 6.80 Å². The van der Waals surface area contributed by atoms with Crippen LogP contribution in [0.1, 0.15) is 25.0 Å². The number of hydrogen-bond acceptors (Lipinski definition) is 3. The Labute approximate surface area is 163 Å². The van der Waals surface area contributed by atoms with Crippen molar-refractivity contribution in [3.8, 4) is 0 Å². The molecule has 0 heterocycles. The Morgan fingerprint density at radius 2 is 1.70 bits per heavy atom. The molecule has 0 bridgehead atoms. The molecule has 0 radical (unpaired) electrons. The van der Waals surface area contributed by atoms with Gasteiger partial charge in [0.25, 0.3) is 0 Å². The lowest BCUT2D eigenvalue weighted by Crippen LogP contribution is -1.99. The highest BCUT2D eigenvalue weighted by atomic mass is 19.1. The molecule has 0 atom stereocenters. The van der Waals surface area contributed by atoms with Crippen LogP contribution in [0.3, 0.4) is 0 Å².